The van der Waals surface area contributed by atoms with E-state index in [1.54, 1.807) is 18.3 Å². The molecule has 0 atom stereocenters. The molecular weight excluding hydrogens is 300 g/mol. The van der Waals surface area contributed by atoms with E-state index in [9.17, 15) is 4.79 Å². The quantitative estimate of drug-likeness (QED) is 0.608. The van der Waals surface area contributed by atoms with Gasteiger partial charge in [-0.3, -0.25) is 4.79 Å². The molecular formula is C19H24N4O. The van der Waals surface area contributed by atoms with E-state index in [-0.39, 0.29) is 5.91 Å². The van der Waals surface area contributed by atoms with Crippen molar-refractivity contribution < 1.29 is 4.79 Å². The summed E-state index contributed by atoms with van der Waals surface area (Å²) in [6.45, 7) is 6.68. The van der Waals surface area contributed by atoms with Gasteiger partial charge in [-0.25, -0.2) is 5.43 Å². The summed E-state index contributed by atoms with van der Waals surface area (Å²) >= 11 is 0. The predicted molar refractivity (Wildman–Crippen MR) is 99.4 cm³/mol. The molecule has 0 spiro atoms. The second-order valence-electron chi connectivity index (χ2n) is 5.36. The van der Waals surface area contributed by atoms with E-state index in [1.807, 2.05) is 24.3 Å². The lowest BCUT2D eigenvalue weighted by atomic mass is 10.1. The Morgan fingerprint density at radius 3 is 2.25 bits per heavy atom. The number of amides is 1. The predicted octanol–water partition coefficient (Wildman–Crippen LogP) is 2.76. The Kier molecular flexibility index (Phi) is 6.51. The fourth-order valence-corrected chi connectivity index (χ4v) is 2.38. The summed E-state index contributed by atoms with van der Waals surface area (Å²) in [6, 6.07) is 15.2. The number of benzene rings is 2. The van der Waals surface area contributed by atoms with Crippen molar-refractivity contribution in [3.05, 3.63) is 65.2 Å². The van der Waals surface area contributed by atoms with Gasteiger partial charge in [0.2, 0.25) is 0 Å². The normalized spacial score (nSPS) is 10.8. The van der Waals surface area contributed by atoms with Gasteiger partial charge in [-0.15, -0.1) is 0 Å². The second kappa shape index (κ2) is 8.84. The fourth-order valence-electron chi connectivity index (χ4n) is 2.38. The molecule has 1 amide bonds. The summed E-state index contributed by atoms with van der Waals surface area (Å²) in [6.07, 6.45) is 1.64. The van der Waals surface area contributed by atoms with Gasteiger partial charge in [0.1, 0.15) is 0 Å². The summed E-state index contributed by atoms with van der Waals surface area (Å²) in [5.41, 5.74) is 11.7. The largest absolute Gasteiger partial charge is 0.372 e. The van der Waals surface area contributed by atoms with Crippen molar-refractivity contribution >= 4 is 17.8 Å². The highest BCUT2D eigenvalue weighted by Crippen LogP contribution is 2.14. The molecule has 0 aliphatic rings. The average Bonchev–Trinajstić information content (AvgIpc) is 2.64. The van der Waals surface area contributed by atoms with E-state index in [4.69, 9.17) is 5.73 Å². The van der Waals surface area contributed by atoms with Crippen molar-refractivity contribution in [2.24, 2.45) is 10.8 Å². The first-order chi connectivity index (χ1) is 11.7. The van der Waals surface area contributed by atoms with Gasteiger partial charge in [0.25, 0.3) is 5.91 Å². The Hall–Kier alpha value is -2.66. The van der Waals surface area contributed by atoms with Gasteiger partial charge in [-0.05, 0) is 49.2 Å². The van der Waals surface area contributed by atoms with Crippen LogP contribution in [0, 0.1) is 0 Å². The summed E-state index contributed by atoms with van der Waals surface area (Å²) in [4.78, 5) is 14.3. The molecule has 0 radical (unpaired) electrons. The monoisotopic (exact) mass is 324 g/mol. The lowest BCUT2D eigenvalue weighted by molar-refractivity contribution is 0.0955. The molecule has 0 heterocycles. The molecule has 2 rings (SSSR count). The number of rotatable bonds is 7. The first-order valence-electron chi connectivity index (χ1n) is 8.15. The molecule has 5 nitrogen and oxygen atoms in total. The van der Waals surface area contributed by atoms with Crippen molar-refractivity contribution in [2.75, 3.05) is 18.0 Å². The van der Waals surface area contributed by atoms with Crippen molar-refractivity contribution in [1.82, 2.24) is 5.43 Å². The van der Waals surface area contributed by atoms with Gasteiger partial charge >= 0.3 is 0 Å². The number of hydrazone groups is 1. The highest BCUT2D eigenvalue weighted by molar-refractivity contribution is 5.94. The highest BCUT2D eigenvalue weighted by Gasteiger charge is 2.03. The number of hydrogen-bond acceptors (Lipinski definition) is 4. The van der Waals surface area contributed by atoms with E-state index in [2.05, 4.69) is 41.4 Å². The minimum absolute atomic E-state index is 0.241. The molecule has 0 saturated heterocycles. The van der Waals surface area contributed by atoms with Crippen molar-refractivity contribution in [3.8, 4) is 0 Å². The zero-order chi connectivity index (χ0) is 17.4. The van der Waals surface area contributed by atoms with Crippen LogP contribution in [0.15, 0.2) is 53.6 Å². The Bertz CT molecular complexity index is 674. The SMILES string of the molecule is CCN(CC)c1ccc(/C=N/NC(=O)c2ccc(CN)cc2)cc1. The molecule has 0 unspecified atom stereocenters. The first-order valence-corrected chi connectivity index (χ1v) is 8.15. The molecule has 0 aromatic heterocycles. The van der Waals surface area contributed by atoms with E-state index in [0.29, 0.717) is 12.1 Å². The first kappa shape index (κ1) is 17.7. The molecule has 2 aromatic carbocycles. The van der Waals surface area contributed by atoms with Crippen LogP contribution < -0.4 is 16.1 Å². The van der Waals surface area contributed by atoms with Gasteiger partial charge < -0.3 is 10.6 Å². The highest BCUT2D eigenvalue weighted by atomic mass is 16.2. The lowest BCUT2D eigenvalue weighted by Gasteiger charge is -2.20. The minimum atomic E-state index is -0.241. The fraction of sp³-hybridized carbons (Fsp3) is 0.263. The number of hydrogen-bond donors (Lipinski definition) is 2. The molecule has 24 heavy (non-hydrogen) atoms. The smallest absolute Gasteiger partial charge is 0.271 e. The van der Waals surface area contributed by atoms with Crippen LogP contribution in [0.3, 0.4) is 0 Å². The molecule has 0 fully saturated rings. The molecule has 5 heteroatoms. The maximum atomic E-state index is 12.0. The van der Waals surface area contributed by atoms with Crippen LogP contribution in [0.5, 0.6) is 0 Å². The summed E-state index contributed by atoms with van der Waals surface area (Å²) in [7, 11) is 0. The van der Waals surface area contributed by atoms with Crippen molar-refractivity contribution in [3.63, 3.8) is 0 Å². The standard InChI is InChI=1S/C19H24N4O/c1-3-23(4-2)18-11-7-16(8-12-18)14-21-22-19(24)17-9-5-15(13-20)6-10-17/h5-12,14H,3-4,13,20H2,1-2H3,(H,22,24)/b21-14+. The summed E-state index contributed by atoms with van der Waals surface area (Å²) in [5, 5.41) is 4.01. The molecule has 0 aliphatic heterocycles. The van der Waals surface area contributed by atoms with Gasteiger partial charge in [0, 0.05) is 30.9 Å². The third-order valence-corrected chi connectivity index (χ3v) is 3.85. The zero-order valence-electron chi connectivity index (χ0n) is 14.2. The van der Waals surface area contributed by atoms with Crippen LogP contribution in [0.4, 0.5) is 5.69 Å². The van der Waals surface area contributed by atoms with Crippen molar-refractivity contribution in [2.45, 2.75) is 20.4 Å². The van der Waals surface area contributed by atoms with Gasteiger partial charge in [-0.1, -0.05) is 24.3 Å². The third kappa shape index (κ3) is 4.67. The molecule has 0 aliphatic carbocycles. The van der Waals surface area contributed by atoms with Gasteiger partial charge in [-0.2, -0.15) is 5.10 Å². The number of carbonyl (C=O) groups is 1. The second-order valence-corrected chi connectivity index (χ2v) is 5.36. The Morgan fingerprint density at radius 1 is 1.08 bits per heavy atom. The van der Waals surface area contributed by atoms with E-state index in [1.165, 1.54) is 5.69 Å². The summed E-state index contributed by atoms with van der Waals surface area (Å²) < 4.78 is 0. The lowest BCUT2D eigenvalue weighted by Crippen LogP contribution is -2.21. The Labute approximate surface area is 143 Å². The van der Waals surface area contributed by atoms with E-state index in [0.717, 1.165) is 24.2 Å². The molecule has 126 valence electrons. The topological polar surface area (TPSA) is 70.7 Å². The number of carbonyl (C=O) groups excluding carboxylic acids is 1. The van der Waals surface area contributed by atoms with Crippen LogP contribution >= 0.6 is 0 Å². The molecule has 0 bridgehead atoms. The van der Waals surface area contributed by atoms with Crippen molar-refractivity contribution in [1.29, 1.82) is 0 Å². The zero-order valence-corrected chi connectivity index (χ0v) is 14.2. The Morgan fingerprint density at radius 2 is 1.71 bits per heavy atom. The van der Waals surface area contributed by atoms with Gasteiger partial charge in [0.15, 0.2) is 0 Å². The minimum Gasteiger partial charge on any atom is -0.372 e. The average molecular weight is 324 g/mol. The van der Waals surface area contributed by atoms with E-state index >= 15 is 0 Å². The molecule has 3 N–H and O–H groups in total. The van der Waals surface area contributed by atoms with E-state index < -0.39 is 0 Å². The Balaban J connectivity index is 1.94. The van der Waals surface area contributed by atoms with Crippen LogP contribution in [-0.4, -0.2) is 25.2 Å². The summed E-state index contributed by atoms with van der Waals surface area (Å²) in [5.74, 6) is -0.241. The van der Waals surface area contributed by atoms with Gasteiger partial charge in [0.05, 0.1) is 6.21 Å². The maximum Gasteiger partial charge on any atom is 0.271 e. The van der Waals surface area contributed by atoms with Crippen LogP contribution in [0.2, 0.25) is 0 Å². The number of anilines is 1. The molecule has 2 aromatic rings. The van der Waals surface area contributed by atoms with Crippen LogP contribution in [-0.2, 0) is 6.54 Å². The number of nitrogens with one attached hydrogen (secondary N) is 1. The maximum absolute atomic E-state index is 12.0. The number of nitrogens with two attached hydrogens (primary N) is 1. The number of nitrogens with zero attached hydrogens (tertiary/aromatic N) is 2. The van der Waals surface area contributed by atoms with Crippen LogP contribution in [0.1, 0.15) is 35.3 Å². The molecule has 0 saturated carbocycles. The third-order valence-electron chi connectivity index (χ3n) is 3.85. The van der Waals surface area contributed by atoms with Crippen LogP contribution in [0.25, 0.3) is 0 Å².